The molecule has 0 atom stereocenters. The van der Waals surface area contributed by atoms with Gasteiger partial charge in [0.05, 0.1) is 5.56 Å². The van der Waals surface area contributed by atoms with Crippen molar-refractivity contribution in [2.24, 2.45) is 0 Å². The van der Waals surface area contributed by atoms with Crippen molar-refractivity contribution in [2.75, 3.05) is 24.2 Å². The minimum Gasteiger partial charge on any atom is -0.492 e. The highest BCUT2D eigenvalue weighted by molar-refractivity contribution is 5.52. The minimum atomic E-state index is -4.37. The number of nitrogen functional groups attached to an aromatic ring is 1. The zero-order valence-corrected chi connectivity index (χ0v) is 11.2. The van der Waals surface area contributed by atoms with Gasteiger partial charge in [0.2, 0.25) is 0 Å². The van der Waals surface area contributed by atoms with Gasteiger partial charge in [-0.2, -0.15) is 13.2 Å². The third-order valence-corrected chi connectivity index (χ3v) is 2.80. The second-order valence-electron chi connectivity index (χ2n) is 4.39. The molecule has 6 heteroatoms. The van der Waals surface area contributed by atoms with E-state index in [4.69, 9.17) is 10.5 Å². The number of anilines is 2. The maximum Gasteiger partial charge on any atom is 0.418 e. The molecule has 0 saturated carbocycles. The van der Waals surface area contributed by atoms with Crippen LogP contribution >= 0.6 is 0 Å². The number of ether oxygens (including phenoxy) is 1. The first kappa shape index (κ1) is 15.0. The van der Waals surface area contributed by atoms with Crippen molar-refractivity contribution >= 4 is 11.4 Å². The molecule has 112 valence electrons. The number of halogens is 3. The molecule has 3 N–H and O–H groups in total. The Morgan fingerprint density at radius 1 is 1.00 bits per heavy atom. The Hall–Kier alpha value is -2.37. The zero-order valence-electron chi connectivity index (χ0n) is 11.2. The van der Waals surface area contributed by atoms with Gasteiger partial charge in [-0.25, -0.2) is 0 Å². The lowest BCUT2D eigenvalue weighted by atomic mass is 10.1. The van der Waals surface area contributed by atoms with Crippen molar-refractivity contribution in [1.29, 1.82) is 0 Å². The summed E-state index contributed by atoms with van der Waals surface area (Å²) in [5.74, 6) is 0.620. The van der Waals surface area contributed by atoms with Crippen LogP contribution in [0.2, 0.25) is 0 Å². The average molecular weight is 296 g/mol. The number of rotatable bonds is 5. The molecule has 0 bridgehead atoms. The maximum atomic E-state index is 12.8. The largest absolute Gasteiger partial charge is 0.492 e. The fraction of sp³-hybridized carbons (Fsp3) is 0.200. The molecule has 0 fully saturated rings. The molecule has 2 rings (SSSR count). The fourth-order valence-corrected chi connectivity index (χ4v) is 1.80. The van der Waals surface area contributed by atoms with E-state index < -0.39 is 11.7 Å². The van der Waals surface area contributed by atoms with Crippen molar-refractivity contribution in [3.05, 3.63) is 54.1 Å². The third-order valence-electron chi connectivity index (χ3n) is 2.80. The lowest BCUT2D eigenvalue weighted by Gasteiger charge is -2.14. The van der Waals surface area contributed by atoms with Gasteiger partial charge in [0.1, 0.15) is 12.4 Å². The summed E-state index contributed by atoms with van der Waals surface area (Å²) in [4.78, 5) is 0. The first-order valence-electron chi connectivity index (χ1n) is 6.35. The Bertz CT molecular complexity index is 582. The van der Waals surface area contributed by atoms with Gasteiger partial charge in [-0.05, 0) is 36.4 Å². The van der Waals surface area contributed by atoms with Gasteiger partial charge in [-0.1, -0.05) is 12.1 Å². The molecule has 21 heavy (non-hydrogen) atoms. The van der Waals surface area contributed by atoms with Gasteiger partial charge in [0, 0.05) is 17.9 Å². The molecular formula is C15H15F3N2O. The average Bonchev–Trinajstić information content (AvgIpc) is 2.45. The van der Waals surface area contributed by atoms with Crippen molar-refractivity contribution in [1.82, 2.24) is 0 Å². The SMILES string of the molecule is Nc1ccc(OCCNc2ccccc2C(F)(F)F)cc1. The monoisotopic (exact) mass is 296 g/mol. The number of para-hydroxylation sites is 1. The van der Waals surface area contributed by atoms with E-state index >= 15 is 0 Å². The lowest BCUT2D eigenvalue weighted by molar-refractivity contribution is -0.136. The standard InChI is InChI=1S/C15H15F3N2O/c16-15(17,18)13-3-1-2-4-14(13)20-9-10-21-12-7-5-11(19)6-8-12/h1-8,20H,9-10,19H2. The first-order valence-corrected chi connectivity index (χ1v) is 6.35. The van der Waals surface area contributed by atoms with Crippen LogP contribution in [-0.2, 0) is 6.18 Å². The fourth-order valence-electron chi connectivity index (χ4n) is 1.80. The van der Waals surface area contributed by atoms with E-state index in [0.29, 0.717) is 11.4 Å². The van der Waals surface area contributed by atoms with Crippen LogP contribution in [0.25, 0.3) is 0 Å². The molecule has 0 radical (unpaired) electrons. The minimum absolute atomic E-state index is 0.0471. The van der Waals surface area contributed by atoms with Gasteiger partial charge in [-0.3, -0.25) is 0 Å². The van der Waals surface area contributed by atoms with E-state index in [1.165, 1.54) is 12.1 Å². The Kier molecular flexibility index (Phi) is 4.57. The van der Waals surface area contributed by atoms with Crippen LogP contribution < -0.4 is 15.8 Å². The molecule has 0 aliphatic carbocycles. The lowest BCUT2D eigenvalue weighted by Crippen LogP contribution is -2.15. The van der Waals surface area contributed by atoms with Crippen molar-refractivity contribution < 1.29 is 17.9 Å². The zero-order chi connectivity index (χ0) is 15.3. The Morgan fingerprint density at radius 3 is 2.33 bits per heavy atom. The Labute approximate surface area is 120 Å². The maximum absolute atomic E-state index is 12.8. The molecule has 0 aliphatic rings. The molecule has 3 nitrogen and oxygen atoms in total. The topological polar surface area (TPSA) is 47.3 Å². The van der Waals surface area contributed by atoms with Gasteiger partial charge in [0.15, 0.2) is 0 Å². The molecule has 2 aromatic carbocycles. The summed E-state index contributed by atoms with van der Waals surface area (Å²) in [6, 6.07) is 12.2. The molecule has 0 unspecified atom stereocenters. The summed E-state index contributed by atoms with van der Waals surface area (Å²) in [6.45, 7) is 0.508. The first-order chi connectivity index (χ1) is 9.97. The van der Waals surface area contributed by atoms with E-state index in [-0.39, 0.29) is 18.8 Å². The van der Waals surface area contributed by atoms with Gasteiger partial charge >= 0.3 is 6.18 Å². The van der Waals surface area contributed by atoms with E-state index in [2.05, 4.69) is 5.32 Å². The highest BCUT2D eigenvalue weighted by Crippen LogP contribution is 2.34. The quantitative estimate of drug-likeness (QED) is 0.652. The summed E-state index contributed by atoms with van der Waals surface area (Å²) in [7, 11) is 0. The molecule has 0 amide bonds. The number of nitrogens with two attached hydrogens (primary N) is 1. The molecule has 0 aromatic heterocycles. The Balaban J connectivity index is 1.88. The van der Waals surface area contributed by atoms with Gasteiger partial charge in [0.25, 0.3) is 0 Å². The van der Waals surface area contributed by atoms with E-state index in [0.717, 1.165) is 6.07 Å². The molecule has 0 aliphatic heterocycles. The van der Waals surface area contributed by atoms with E-state index in [1.807, 2.05) is 0 Å². The number of hydrogen-bond acceptors (Lipinski definition) is 3. The second kappa shape index (κ2) is 6.39. The summed E-state index contributed by atoms with van der Waals surface area (Å²) < 4.78 is 43.7. The molecule has 0 spiro atoms. The van der Waals surface area contributed by atoms with Crippen LogP contribution in [0.5, 0.6) is 5.75 Å². The number of alkyl halides is 3. The smallest absolute Gasteiger partial charge is 0.418 e. The second-order valence-corrected chi connectivity index (χ2v) is 4.39. The van der Waals surface area contributed by atoms with Crippen LogP contribution in [0.15, 0.2) is 48.5 Å². The molecular weight excluding hydrogens is 281 g/mol. The highest BCUT2D eigenvalue weighted by Gasteiger charge is 2.32. The molecule has 0 heterocycles. The molecule has 0 saturated heterocycles. The summed E-state index contributed by atoms with van der Waals surface area (Å²) >= 11 is 0. The number of nitrogens with one attached hydrogen (secondary N) is 1. The summed E-state index contributed by atoms with van der Waals surface area (Å²) in [5.41, 5.74) is 5.53. The third kappa shape index (κ3) is 4.30. The predicted molar refractivity (Wildman–Crippen MR) is 76.3 cm³/mol. The number of benzene rings is 2. The van der Waals surface area contributed by atoms with Gasteiger partial charge in [-0.15, -0.1) is 0 Å². The van der Waals surface area contributed by atoms with Crippen LogP contribution in [0, 0.1) is 0 Å². The van der Waals surface area contributed by atoms with Crippen LogP contribution in [0.3, 0.4) is 0 Å². The van der Waals surface area contributed by atoms with E-state index in [1.54, 1.807) is 30.3 Å². The van der Waals surface area contributed by atoms with Crippen molar-refractivity contribution in [3.63, 3.8) is 0 Å². The van der Waals surface area contributed by atoms with Gasteiger partial charge < -0.3 is 15.8 Å². The van der Waals surface area contributed by atoms with Crippen LogP contribution in [0.1, 0.15) is 5.56 Å². The molecule has 2 aromatic rings. The van der Waals surface area contributed by atoms with E-state index in [9.17, 15) is 13.2 Å². The normalized spacial score (nSPS) is 11.2. The van der Waals surface area contributed by atoms with Crippen molar-refractivity contribution in [3.8, 4) is 5.75 Å². The predicted octanol–water partition coefficient (Wildman–Crippen LogP) is 3.78. The Morgan fingerprint density at radius 2 is 1.67 bits per heavy atom. The van der Waals surface area contributed by atoms with Crippen LogP contribution in [-0.4, -0.2) is 13.2 Å². The van der Waals surface area contributed by atoms with Crippen LogP contribution in [0.4, 0.5) is 24.5 Å². The summed E-state index contributed by atoms with van der Waals surface area (Å²) in [5, 5.41) is 2.73. The highest BCUT2D eigenvalue weighted by atomic mass is 19.4. The summed E-state index contributed by atoms with van der Waals surface area (Å²) in [6.07, 6.45) is -4.37. The van der Waals surface area contributed by atoms with Crippen molar-refractivity contribution in [2.45, 2.75) is 6.18 Å². The number of hydrogen-bond donors (Lipinski definition) is 2.